The molecule has 0 radical (unpaired) electrons. The normalized spacial score (nSPS) is 15.3. The van der Waals surface area contributed by atoms with E-state index in [4.69, 9.17) is 16.3 Å². The number of rotatable bonds is 3. The molecule has 5 nitrogen and oxygen atoms in total. The first-order valence-electron chi connectivity index (χ1n) is 6.43. The number of carbonyl (C=O) groups is 2. The SMILES string of the molecule is COCC(=O)N1CCN(C(=O)c2ccc(Cl)cc2)CC1. The minimum Gasteiger partial charge on any atom is -0.375 e. The third kappa shape index (κ3) is 3.49. The summed E-state index contributed by atoms with van der Waals surface area (Å²) < 4.78 is 4.83. The number of piperazine rings is 1. The molecule has 0 aromatic heterocycles. The Bertz CT molecular complexity index is 482. The van der Waals surface area contributed by atoms with Crippen molar-refractivity contribution in [3.63, 3.8) is 0 Å². The van der Waals surface area contributed by atoms with Crippen molar-refractivity contribution in [2.24, 2.45) is 0 Å². The summed E-state index contributed by atoms with van der Waals surface area (Å²) in [5, 5.41) is 0.608. The predicted octanol–water partition coefficient (Wildman–Crippen LogP) is 1.27. The highest BCUT2D eigenvalue weighted by molar-refractivity contribution is 6.30. The van der Waals surface area contributed by atoms with Gasteiger partial charge < -0.3 is 14.5 Å². The fraction of sp³-hybridized carbons (Fsp3) is 0.429. The predicted molar refractivity (Wildman–Crippen MR) is 75.8 cm³/mol. The van der Waals surface area contributed by atoms with Gasteiger partial charge in [0.15, 0.2) is 0 Å². The Labute approximate surface area is 123 Å². The minimum atomic E-state index is -0.0360. The Kier molecular flexibility index (Phi) is 4.98. The first kappa shape index (κ1) is 14.8. The molecular weight excluding hydrogens is 280 g/mol. The second-order valence-electron chi connectivity index (χ2n) is 4.61. The van der Waals surface area contributed by atoms with E-state index in [2.05, 4.69) is 0 Å². The van der Waals surface area contributed by atoms with E-state index >= 15 is 0 Å². The summed E-state index contributed by atoms with van der Waals surface area (Å²) in [6.07, 6.45) is 0. The molecule has 20 heavy (non-hydrogen) atoms. The molecule has 1 aromatic carbocycles. The third-order valence-corrected chi connectivity index (χ3v) is 3.53. The van der Waals surface area contributed by atoms with Crippen molar-refractivity contribution >= 4 is 23.4 Å². The molecule has 0 unspecified atom stereocenters. The van der Waals surface area contributed by atoms with Gasteiger partial charge >= 0.3 is 0 Å². The average molecular weight is 297 g/mol. The molecule has 0 spiro atoms. The van der Waals surface area contributed by atoms with Gasteiger partial charge in [-0.2, -0.15) is 0 Å². The highest BCUT2D eigenvalue weighted by Crippen LogP contribution is 2.13. The topological polar surface area (TPSA) is 49.9 Å². The van der Waals surface area contributed by atoms with E-state index in [9.17, 15) is 9.59 Å². The van der Waals surface area contributed by atoms with E-state index < -0.39 is 0 Å². The van der Waals surface area contributed by atoms with Crippen molar-refractivity contribution in [2.75, 3.05) is 39.9 Å². The number of benzene rings is 1. The number of hydrogen-bond donors (Lipinski definition) is 0. The molecule has 1 saturated heterocycles. The van der Waals surface area contributed by atoms with Crippen LogP contribution < -0.4 is 0 Å². The Balaban J connectivity index is 1.92. The zero-order valence-corrected chi connectivity index (χ0v) is 12.1. The first-order chi connectivity index (χ1) is 9.61. The second-order valence-corrected chi connectivity index (χ2v) is 5.05. The van der Waals surface area contributed by atoms with Gasteiger partial charge in [-0.25, -0.2) is 0 Å². The van der Waals surface area contributed by atoms with Crippen LogP contribution in [-0.4, -0.2) is 61.5 Å². The Morgan fingerprint density at radius 2 is 1.65 bits per heavy atom. The van der Waals surface area contributed by atoms with Crippen LogP contribution in [0.15, 0.2) is 24.3 Å². The van der Waals surface area contributed by atoms with E-state index in [0.29, 0.717) is 36.8 Å². The van der Waals surface area contributed by atoms with Crippen molar-refractivity contribution in [1.29, 1.82) is 0 Å². The van der Waals surface area contributed by atoms with Crippen LogP contribution in [0.3, 0.4) is 0 Å². The summed E-state index contributed by atoms with van der Waals surface area (Å²) in [4.78, 5) is 27.4. The molecular formula is C14H17ClN2O3. The number of hydrogen-bond acceptors (Lipinski definition) is 3. The van der Waals surface area contributed by atoms with Crippen molar-refractivity contribution < 1.29 is 14.3 Å². The van der Waals surface area contributed by atoms with Crippen LogP contribution in [0.5, 0.6) is 0 Å². The Morgan fingerprint density at radius 1 is 1.10 bits per heavy atom. The standard InChI is InChI=1S/C14H17ClN2O3/c1-20-10-13(18)16-6-8-17(9-7-16)14(19)11-2-4-12(15)5-3-11/h2-5H,6-10H2,1H3. The number of halogens is 1. The molecule has 0 N–H and O–H groups in total. The summed E-state index contributed by atoms with van der Waals surface area (Å²) in [5.74, 6) is -0.0633. The van der Waals surface area contributed by atoms with Crippen LogP contribution >= 0.6 is 11.6 Å². The molecule has 0 aliphatic carbocycles. The Hall–Kier alpha value is -1.59. The number of nitrogens with zero attached hydrogens (tertiary/aromatic N) is 2. The lowest BCUT2D eigenvalue weighted by molar-refractivity contribution is -0.136. The van der Waals surface area contributed by atoms with Gasteiger partial charge in [-0.15, -0.1) is 0 Å². The van der Waals surface area contributed by atoms with E-state index in [-0.39, 0.29) is 18.4 Å². The van der Waals surface area contributed by atoms with Crippen molar-refractivity contribution in [2.45, 2.75) is 0 Å². The summed E-state index contributed by atoms with van der Waals surface area (Å²) in [5.41, 5.74) is 0.617. The molecule has 1 aromatic rings. The van der Waals surface area contributed by atoms with E-state index in [1.165, 1.54) is 7.11 Å². The number of ether oxygens (including phenoxy) is 1. The fourth-order valence-electron chi connectivity index (χ4n) is 2.15. The highest BCUT2D eigenvalue weighted by Gasteiger charge is 2.24. The van der Waals surface area contributed by atoms with E-state index in [1.54, 1.807) is 34.1 Å². The monoisotopic (exact) mass is 296 g/mol. The third-order valence-electron chi connectivity index (χ3n) is 3.28. The molecule has 6 heteroatoms. The maximum absolute atomic E-state index is 12.3. The molecule has 1 aliphatic rings. The summed E-state index contributed by atoms with van der Waals surface area (Å²) >= 11 is 5.80. The van der Waals surface area contributed by atoms with Crippen LogP contribution in [-0.2, 0) is 9.53 Å². The molecule has 108 valence electrons. The van der Waals surface area contributed by atoms with Gasteiger partial charge in [-0.05, 0) is 24.3 Å². The van der Waals surface area contributed by atoms with Crippen molar-refractivity contribution in [3.05, 3.63) is 34.9 Å². The van der Waals surface area contributed by atoms with Gasteiger partial charge in [0.2, 0.25) is 5.91 Å². The zero-order chi connectivity index (χ0) is 14.5. The maximum atomic E-state index is 12.3. The minimum absolute atomic E-state index is 0.0273. The smallest absolute Gasteiger partial charge is 0.253 e. The second kappa shape index (κ2) is 6.72. The maximum Gasteiger partial charge on any atom is 0.253 e. The molecule has 2 amide bonds. The zero-order valence-electron chi connectivity index (χ0n) is 11.3. The molecule has 1 aliphatic heterocycles. The molecule has 1 heterocycles. The summed E-state index contributed by atoms with van der Waals surface area (Å²) in [7, 11) is 1.50. The summed E-state index contributed by atoms with van der Waals surface area (Å²) in [6, 6.07) is 6.83. The van der Waals surface area contributed by atoms with Crippen molar-refractivity contribution in [3.8, 4) is 0 Å². The molecule has 0 saturated carbocycles. The lowest BCUT2D eigenvalue weighted by Gasteiger charge is -2.34. The van der Waals surface area contributed by atoms with Crippen LogP contribution in [0.2, 0.25) is 5.02 Å². The fourth-order valence-corrected chi connectivity index (χ4v) is 2.27. The van der Waals surface area contributed by atoms with Gasteiger partial charge in [-0.1, -0.05) is 11.6 Å². The van der Waals surface area contributed by atoms with Crippen molar-refractivity contribution in [1.82, 2.24) is 9.80 Å². The lowest BCUT2D eigenvalue weighted by atomic mass is 10.2. The quantitative estimate of drug-likeness (QED) is 0.844. The van der Waals surface area contributed by atoms with Gasteiger partial charge in [0, 0.05) is 43.9 Å². The highest BCUT2D eigenvalue weighted by atomic mass is 35.5. The molecule has 2 rings (SSSR count). The molecule has 0 atom stereocenters. The van der Waals surface area contributed by atoms with Gasteiger partial charge in [-0.3, -0.25) is 9.59 Å². The number of carbonyl (C=O) groups excluding carboxylic acids is 2. The largest absolute Gasteiger partial charge is 0.375 e. The lowest BCUT2D eigenvalue weighted by Crippen LogP contribution is -2.51. The van der Waals surface area contributed by atoms with Crippen LogP contribution in [0, 0.1) is 0 Å². The van der Waals surface area contributed by atoms with Crippen LogP contribution in [0.25, 0.3) is 0 Å². The van der Waals surface area contributed by atoms with Crippen LogP contribution in [0.4, 0.5) is 0 Å². The number of methoxy groups -OCH3 is 1. The van der Waals surface area contributed by atoms with Gasteiger partial charge in [0.25, 0.3) is 5.91 Å². The summed E-state index contributed by atoms with van der Waals surface area (Å²) in [6.45, 7) is 2.25. The average Bonchev–Trinajstić information content (AvgIpc) is 2.48. The number of amides is 2. The molecule has 0 bridgehead atoms. The first-order valence-corrected chi connectivity index (χ1v) is 6.81. The van der Waals surface area contributed by atoms with E-state index in [1.807, 2.05) is 0 Å². The van der Waals surface area contributed by atoms with Gasteiger partial charge in [0.05, 0.1) is 0 Å². The van der Waals surface area contributed by atoms with Gasteiger partial charge in [0.1, 0.15) is 6.61 Å². The Morgan fingerprint density at radius 3 is 2.20 bits per heavy atom. The van der Waals surface area contributed by atoms with E-state index in [0.717, 1.165) is 0 Å². The molecule has 1 fully saturated rings. The van der Waals surface area contributed by atoms with Crippen LogP contribution in [0.1, 0.15) is 10.4 Å².